The van der Waals surface area contributed by atoms with E-state index in [9.17, 15) is 9.59 Å². The fraction of sp³-hybridized carbons (Fsp3) is 0.333. The lowest BCUT2D eigenvalue weighted by Gasteiger charge is -1.91. The fourth-order valence-electron chi connectivity index (χ4n) is 0.839. The van der Waals surface area contributed by atoms with Crippen LogP contribution in [0, 0.1) is 0 Å². The van der Waals surface area contributed by atoms with Crippen LogP contribution in [0.2, 0.25) is 0 Å². The smallest absolute Gasteiger partial charge is 0.323 e. The molecule has 11 heavy (non-hydrogen) atoms. The normalized spacial score (nSPS) is 10.0. The van der Waals surface area contributed by atoms with E-state index in [1.807, 2.05) is 0 Å². The van der Waals surface area contributed by atoms with Gasteiger partial charge in [0.1, 0.15) is 5.69 Å². The van der Waals surface area contributed by atoms with Crippen LogP contribution in [0.15, 0.2) is 4.79 Å². The Morgan fingerprint density at radius 2 is 2.18 bits per heavy atom. The third-order valence-corrected chi connectivity index (χ3v) is 1.31. The van der Waals surface area contributed by atoms with Crippen molar-refractivity contribution in [3.05, 3.63) is 21.9 Å². The molecule has 3 N–H and O–H groups in total. The second-order valence-electron chi connectivity index (χ2n) is 2.15. The number of carbonyl (C=O) groups is 1. The topological polar surface area (TPSA) is 86.0 Å². The molecule has 0 radical (unpaired) electrons. The monoisotopic (exact) mass is 156 g/mol. The van der Waals surface area contributed by atoms with Crippen LogP contribution in [-0.4, -0.2) is 20.9 Å². The summed E-state index contributed by atoms with van der Waals surface area (Å²) in [5, 5.41) is 8.64. The van der Waals surface area contributed by atoms with Gasteiger partial charge in [0.25, 0.3) is 0 Å². The molecule has 1 aromatic rings. The standard InChI is InChI=1S/C6H8N2O3/c1-3(10)5-4(2-9)7-6(11)8-5/h9H,2H2,1H3,(H2,7,8,11). The van der Waals surface area contributed by atoms with E-state index in [-0.39, 0.29) is 23.8 Å². The number of aromatic amines is 2. The van der Waals surface area contributed by atoms with E-state index in [4.69, 9.17) is 5.11 Å². The SMILES string of the molecule is CC(=O)c1[nH]c(=O)[nH]c1CO. The van der Waals surface area contributed by atoms with Crippen molar-refractivity contribution >= 4 is 5.78 Å². The summed E-state index contributed by atoms with van der Waals surface area (Å²) in [7, 11) is 0. The lowest BCUT2D eigenvalue weighted by Crippen LogP contribution is -2.02. The van der Waals surface area contributed by atoms with Crippen molar-refractivity contribution in [2.45, 2.75) is 13.5 Å². The van der Waals surface area contributed by atoms with E-state index in [0.29, 0.717) is 0 Å². The first-order valence-corrected chi connectivity index (χ1v) is 3.08. The highest BCUT2D eigenvalue weighted by atomic mass is 16.3. The van der Waals surface area contributed by atoms with E-state index in [2.05, 4.69) is 9.97 Å². The Kier molecular flexibility index (Phi) is 1.91. The molecule has 0 aliphatic carbocycles. The van der Waals surface area contributed by atoms with Crippen LogP contribution in [0.1, 0.15) is 23.1 Å². The molecule has 0 amide bonds. The molecule has 1 rings (SSSR count). The van der Waals surface area contributed by atoms with Crippen LogP contribution < -0.4 is 5.69 Å². The third-order valence-electron chi connectivity index (χ3n) is 1.31. The van der Waals surface area contributed by atoms with Crippen LogP contribution in [-0.2, 0) is 6.61 Å². The molecule has 0 aromatic carbocycles. The maximum absolute atomic E-state index is 10.7. The zero-order valence-corrected chi connectivity index (χ0v) is 5.97. The van der Waals surface area contributed by atoms with Crippen molar-refractivity contribution in [3.8, 4) is 0 Å². The fourth-order valence-corrected chi connectivity index (χ4v) is 0.839. The van der Waals surface area contributed by atoms with Crippen LogP contribution in [0.25, 0.3) is 0 Å². The molecule has 0 fully saturated rings. The van der Waals surface area contributed by atoms with Crippen molar-refractivity contribution in [2.75, 3.05) is 0 Å². The summed E-state index contributed by atoms with van der Waals surface area (Å²) >= 11 is 0. The minimum absolute atomic E-state index is 0.150. The van der Waals surface area contributed by atoms with Gasteiger partial charge in [-0.2, -0.15) is 0 Å². The van der Waals surface area contributed by atoms with Gasteiger partial charge in [-0.25, -0.2) is 4.79 Å². The minimum Gasteiger partial charge on any atom is -0.390 e. The first-order chi connectivity index (χ1) is 5.15. The predicted octanol–water partition coefficient (Wildman–Crippen LogP) is -0.602. The van der Waals surface area contributed by atoms with Crippen LogP contribution in [0.5, 0.6) is 0 Å². The summed E-state index contributed by atoms with van der Waals surface area (Å²) in [5.41, 5.74) is -0.0840. The quantitative estimate of drug-likeness (QED) is 0.499. The molecule has 1 aromatic heterocycles. The van der Waals surface area contributed by atoms with Crippen molar-refractivity contribution in [1.29, 1.82) is 0 Å². The molecule has 0 atom stereocenters. The summed E-state index contributed by atoms with van der Waals surface area (Å²) in [4.78, 5) is 25.9. The van der Waals surface area contributed by atoms with E-state index in [1.54, 1.807) is 0 Å². The van der Waals surface area contributed by atoms with Gasteiger partial charge in [0.15, 0.2) is 5.78 Å². The van der Waals surface area contributed by atoms with E-state index < -0.39 is 5.69 Å². The van der Waals surface area contributed by atoms with Gasteiger partial charge < -0.3 is 15.1 Å². The number of ketones is 1. The molecule has 0 saturated carbocycles. The molecule has 0 aliphatic rings. The summed E-state index contributed by atoms with van der Waals surface area (Å²) in [6, 6.07) is 0. The van der Waals surface area contributed by atoms with Gasteiger partial charge >= 0.3 is 5.69 Å². The molecular weight excluding hydrogens is 148 g/mol. The van der Waals surface area contributed by atoms with E-state index >= 15 is 0 Å². The first kappa shape index (κ1) is 7.74. The Hall–Kier alpha value is -1.36. The first-order valence-electron chi connectivity index (χ1n) is 3.08. The van der Waals surface area contributed by atoms with Crippen molar-refractivity contribution in [2.24, 2.45) is 0 Å². The number of Topliss-reactive ketones (excluding diaryl/α,β-unsaturated/α-hetero) is 1. The van der Waals surface area contributed by atoms with Gasteiger partial charge in [-0.3, -0.25) is 4.79 Å². The molecule has 0 bridgehead atoms. The number of rotatable bonds is 2. The van der Waals surface area contributed by atoms with Gasteiger partial charge in [0.2, 0.25) is 0 Å². The molecule has 1 heterocycles. The predicted molar refractivity (Wildman–Crippen MR) is 37.3 cm³/mol. The van der Waals surface area contributed by atoms with Crippen LogP contribution in [0.3, 0.4) is 0 Å². The van der Waals surface area contributed by atoms with Crippen molar-refractivity contribution in [1.82, 2.24) is 9.97 Å². The number of carbonyl (C=O) groups excluding carboxylic acids is 1. The minimum atomic E-state index is -0.473. The molecule has 0 aliphatic heterocycles. The largest absolute Gasteiger partial charge is 0.390 e. The summed E-state index contributed by atoms with van der Waals surface area (Å²) < 4.78 is 0. The highest BCUT2D eigenvalue weighted by Crippen LogP contribution is 1.99. The molecule has 5 nitrogen and oxygen atoms in total. The van der Waals surface area contributed by atoms with E-state index in [1.165, 1.54) is 6.92 Å². The second kappa shape index (κ2) is 2.71. The number of aliphatic hydroxyl groups excluding tert-OH is 1. The molecule has 0 spiro atoms. The molecule has 0 unspecified atom stereocenters. The summed E-state index contributed by atoms with van der Waals surface area (Å²) in [5.74, 6) is -0.271. The number of imidazole rings is 1. The number of nitrogens with one attached hydrogen (secondary N) is 2. The maximum Gasteiger partial charge on any atom is 0.323 e. The van der Waals surface area contributed by atoms with Crippen molar-refractivity contribution < 1.29 is 9.90 Å². The van der Waals surface area contributed by atoms with Crippen LogP contribution >= 0.6 is 0 Å². The Balaban J connectivity index is 3.23. The molecule has 0 saturated heterocycles. The lowest BCUT2D eigenvalue weighted by molar-refractivity contribution is 0.101. The van der Waals surface area contributed by atoms with Gasteiger partial charge in [-0.05, 0) is 0 Å². The van der Waals surface area contributed by atoms with Crippen LogP contribution in [0.4, 0.5) is 0 Å². The van der Waals surface area contributed by atoms with E-state index in [0.717, 1.165) is 0 Å². The zero-order valence-electron chi connectivity index (χ0n) is 5.97. The Morgan fingerprint density at radius 1 is 1.55 bits per heavy atom. The van der Waals surface area contributed by atoms with Gasteiger partial charge in [-0.1, -0.05) is 0 Å². The molecular formula is C6H8N2O3. The number of hydrogen-bond acceptors (Lipinski definition) is 3. The highest BCUT2D eigenvalue weighted by molar-refractivity contribution is 5.93. The van der Waals surface area contributed by atoms with Gasteiger partial charge in [0.05, 0.1) is 12.3 Å². The number of aromatic nitrogens is 2. The third kappa shape index (κ3) is 1.38. The average molecular weight is 156 g/mol. The zero-order chi connectivity index (χ0) is 8.43. The Morgan fingerprint density at radius 3 is 2.55 bits per heavy atom. The highest BCUT2D eigenvalue weighted by Gasteiger charge is 2.09. The maximum atomic E-state index is 10.7. The number of hydrogen-bond donors (Lipinski definition) is 3. The second-order valence-corrected chi connectivity index (χ2v) is 2.15. The molecule has 60 valence electrons. The number of H-pyrrole nitrogens is 2. The van der Waals surface area contributed by atoms with Gasteiger partial charge in [-0.15, -0.1) is 0 Å². The summed E-state index contributed by atoms with van der Waals surface area (Å²) in [6.07, 6.45) is 0. The van der Waals surface area contributed by atoms with Gasteiger partial charge in [0, 0.05) is 6.92 Å². The summed E-state index contributed by atoms with van der Waals surface area (Å²) in [6.45, 7) is 0.978. The average Bonchev–Trinajstić information content (AvgIpc) is 2.30. The Bertz CT molecular complexity index is 323. The molecule has 5 heteroatoms. The lowest BCUT2D eigenvalue weighted by atomic mass is 10.2. The number of aliphatic hydroxyl groups is 1. The van der Waals surface area contributed by atoms with Crippen molar-refractivity contribution in [3.63, 3.8) is 0 Å². The Labute approximate surface area is 62.1 Å².